The number of unbranched alkanes of at least 4 members (excludes halogenated alkanes) is 19. The Morgan fingerprint density at radius 3 is 1.66 bits per heavy atom. The molecule has 0 bridgehead atoms. The first-order valence-electron chi connectivity index (χ1n) is 23.2. The number of fused-ring (bicyclic) bond motifs is 2. The maximum Gasteiger partial charge on any atom is 0.254 e. The van der Waals surface area contributed by atoms with E-state index in [1.807, 2.05) is 24.1 Å². The molecule has 2 aliphatic rings. The molecule has 2 aromatic rings. The highest BCUT2D eigenvalue weighted by molar-refractivity contribution is 6.09. The van der Waals surface area contributed by atoms with Crippen LogP contribution in [0.15, 0.2) is 65.1 Å². The summed E-state index contributed by atoms with van der Waals surface area (Å²) >= 11 is 0. The third-order valence-corrected chi connectivity index (χ3v) is 12.1. The first-order chi connectivity index (χ1) is 27.5. The summed E-state index contributed by atoms with van der Waals surface area (Å²) in [5.41, 5.74) is 5.79. The van der Waals surface area contributed by atoms with Crippen molar-refractivity contribution >= 4 is 22.6 Å². The number of hydrogen-bond acceptors (Lipinski definition) is 3. The van der Waals surface area contributed by atoms with Crippen LogP contribution in [0.2, 0.25) is 0 Å². The summed E-state index contributed by atoms with van der Waals surface area (Å²) in [4.78, 5) is 18.5. The molecule has 0 N–H and O–H groups in total. The van der Waals surface area contributed by atoms with E-state index >= 15 is 0 Å². The van der Waals surface area contributed by atoms with Gasteiger partial charge in [0.1, 0.15) is 24.4 Å². The fourth-order valence-electron chi connectivity index (χ4n) is 8.53. The lowest BCUT2D eigenvalue weighted by Gasteiger charge is -2.23. The lowest BCUT2D eigenvalue weighted by molar-refractivity contribution is 0.0793. The van der Waals surface area contributed by atoms with Gasteiger partial charge in [0, 0.05) is 66.6 Å². The first-order valence-corrected chi connectivity index (χ1v) is 23.2. The number of hydrogen-bond donors (Lipinski definition) is 0. The molecule has 308 valence electrons. The Labute approximate surface area is 341 Å². The molecule has 4 rings (SSSR count). The average Bonchev–Trinajstić information content (AvgIpc) is 3.22. The molecule has 1 heterocycles. The van der Waals surface area contributed by atoms with E-state index in [2.05, 4.69) is 92.6 Å². The van der Waals surface area contributed by atoms with Gasteiger partial charge in [0.05, 0.1) is 6.07 Å². The number of amides is 1. The van der Waals surface area contributed by atoms with E-state index in [0.717, 1.165) is 89.2 Å². The van der Waals surface area contributed by atoms with E-state index in [9.17, 15) is 4.79 Å². The van der Waals surface area contributed by atoms with Crippen LogP contribution in [0, 0.1) is 0 Å². The molecule has 2 aromatic carbocycles. The third-order valence-electron chi connectivity index (χ3n) is 12.1. The average molecular weight is 765 g/mol. The number of anilines is 1. The molecule has 0 saturated carbocycles. The van der Waals surface area contributed by atoms with Crippen molar-refractivity contribution in [2.24, 2.45) is 0 Å². The minimum atomic E-state index is 0.0834. The normalized spacial score (nSPS) is 11.5. The molecule has 0 aromatic heterocycles. The maximum atomic E-state index is 14.2. The molecule has 0 atom stereocenters. The van der Waals surface area contributed by atoms with E-state index in [1.54, 1.807) is 0 Å². The van der Waals surface area contributed by atoms with Gasteiger partial charge in [-0.25, -0.2) is 4.58 Å². The van der Waals surface area contributed by atoms with E-state index < -0.39 is 0 Å². The highest BCUT2D eigenvalue weighted by atomic mass is 16.3. The van der Waals surface area contributed by atoms with Gasteiger partial charge in [0.15, 0.2) is 0 Å². The quantitative estimate of drug-likeness (QED) is 0.0328. The fourth-order valence-corrected chi connectivity index (χ4v) is 8.53. The van der Waals surface area contributed by atoms with Gasteiger partial charge in [-0.2, -0.15) is 0 Å². The van der Waals surface area contributed by atoms with Crippen molar-refractivity contribution in [3.8, 4) is 22.5 Å². The molecule has 1 aliphatic carbocycles. The van der Waals surface area contributed by atoms with Gasteiger partial charge in [-0.05, 0) is 63.9 Å². The topological polar surface area (TPSA) is 39.7 Å². The minimum Gasteiger partial charge on any atom is -0.456 e. The van der Waals surface area contributed by atoms with E-state index in [-0.39, 0.29) is 5.91 Å². The number of nitrogens with zero attached hydrogens (tertiary/aromatic N) is 3. The predicted octanol–water partition coefficient (Wildman–Crippen LogP) is 13.8. The third kappa shape index (κ3) is 13.5. The van der Waals surface area contributed by atoms with Gasteiger partial charge in [0.25, 0.3) is 5.91 Å². The Morgan fingerprint density at radius 2 is 1.12 bits per heavy atom. The predicted molar refractivity (Wildman–Crippen MR) is 243 cm³/mol. The lowest BCUT2D eigenvalue weighted by Crippen LogP contribution is -2.29. The molecule has 56 heavy (non-hydrogen) atoms. The molecular weight excluding hydrogens is 687 g/mol. The highest BCUT2D eigenvalue weighted by Gasteiger charge is 2.24. The Hall–Kier alpha value is -3.60. The van der Waals surface area contributed by atoms with Gasteiger partial charge in [-0.3, -0.25) is 4.79 Å². The van der Waals surface area contributed by atoms with E-state index in [4.69, 9.17) is 4.42 Å². The van der Waals surface area contributed by atoms with E-state index in [0.29, 0.717) is 0 Å². The Kier molecular flexibility index (Phi) is 20.6. The van der Waals surface area contributed by atoms with Crippen LogP contribution in [0.1, 0.15) is 173 Å². The van der Waals surface area contributed by atoms with Crippen molar-refractivity contribution in [1.29, 1.82) is 0 Å². The molecule has 0 saturated heterocycles. The van der Waals surface area contributed by atoms with Crippen LogP contribution in [0.3, 0.4) is 0 Å². The Bertz CT molecular complexity index is 1750. The summed E-state index contributed by atoms with van der Waals surface area (Å²) in [5, 5.41) is 2.18. The van der Waals surface area contributed by atoms with Crippen molar-refractivity contribution in [2.75, 3.05) is 44.7 Å². The maximum absolute atomic E-state index is 14.2. The smallest absolute Gasteiger partial charge is 0.254 e. The number of carbonyl (C=O) groups is 1. The van der Waals surface area contributed by atoms with Crippen LogP contribution >= 0.6 is 0 Å². The zero-order chi connectivity index (χ0) is 40.0. The van der Waals surface area contributed by atoms with Crippen LogP contribution in [0.4, 0.5) is 5.69 Å². The zero-order valence-electron chi connectivity index (χ0n) is 36.6. The van der Waals surface area contributed by atoms with E-state index in [1.165, 1.54) is 122 Å². The van der Waals surface area contributed by atoms with Crippen LogP contribution in [-0.4, -0.2) is 50.6 Å². The standard InChI is InChI=1S/C51H78N3O2/c1-7-12-13-14-15-16-17-18-19-20-21-22-23-24-25-26-27-28-29-32-39-52(6)51(55)45-34-31-30-33-44(45)50-46-37-35-42(53(8-2)9-3)40-48(46)56-49-41-43(36-38-47(49)50)54(10-4)11-5/h30-31,33-38,40-41H,7-29,32,39H2,1-6H3/q+1. The number of carbonyl (C=O) groups excluding carboxylic acids is 1. The molecule has 0 spiro atoms. The van der Waals surface area contributed by atoms with Gasteiger partial charge in [-0.1, -0.05) is 147 Å². The SMILES string of the molecule is CCCCCCCCCCCCCCCCCCCCCCN(C)C(=O)c1ccccc1-c1c2ccc(=[N+](CC)CC)cc-2oc2cc(N(CC)CC)ccc12. The number of benzene rings is 3. The van der Waals surface area contributed by atoms with Crippen molar-refractivity contribution < 1.29 is 9.21 Å². The van der Waals surface area contributed by atoms with Crippen LogP contribution < -0.4 is 14.8 Å². The largest absolute Gasteiger partial charge is 0.456 e. The second-order valence-corrected chi connectivity index (χ2v) is 16.2. The molecule has 1 amide bonds. The van der Waals surface area contributed by atoms with Crippen molar-refractivity contribution in [3.63, 3.8) is 0 Å². The Morgan fingerprint density at radius 1 is 0.589 bits per heavy atom. The Balaban J connectivity index is 1.29. The van der Waals surface area contributed by atoms with Crippen LogP contribution in [0.5, 0.6) is 0 Å². The molecule has 5 nitrogen and oxygen atoms in total. The fraction of sp³-hybridized carbons (Fsp3) is 0.608. The molecule has 0 fully saturated rings. The van der Waals surface area contributed by atoms with Gasteiger partial charge in [-0.15, -0.1) is 0 Å². The second kappa shape index (κ2) is 25.6. The summed E-state index contributed by atoms with van der Waals surface area (Å²) in [6.45, 7) is 15.5. The van der Waals surface area contributed by atoms with Crippen LogP contribution in [0.25, 0.3) is 33.4 Å². The summed E-state index contributed by atoms with van der Waals surface area (Å²) < 4.78 is 9.06. The first kappa shape index (κ1) is 45.1. The van der Waals surface area contributed by atoms with Gasteiger partial charge in [0.2, 0.25) is 5.36 Å². The summed E-state index contributed by atoms with van der Waals surface area (Å²) in [6.07, 6.45) is 27.5. The zero-order valence-corrected chi connectivity index (χ0v) is 36.6. The molecule has 0 radical (unpaired) electrons. The summed E-state index contributed by atoms with van der Waals surface area (Å²) in [7, 11) is 1.97. The van der Waals surface area contributed by atoms with Gasteiger partial charge < -0.3 is 14.2 Å². The van der Waals surface area contributed by atoms with Crippen LogP contribution in [-0.2, 0) is 0 Å². The summed E-state index contributed by atoms with van der Waals surface area (Å²) in [6, 6.07) is 21.3. The molecule has 1 aliphatic heterocycles. The molecule has 5 heteroatoms. The van der Waals surface area contributed by atoms with Crippen molar-refractivity contribution in [1.82, 2.24) is 9.48 Å². The molecular formula is C51H78N3O2+. The van der Waals surface area contributed by atoms with Crippen molar-refractivity contribution in [2.45, 2.75) is 163 Å². The minimum absolute atomic E-state index is 0.0834. The monoisotopic (exact) mass is 765 g/mol. The number of rotatable bonds is 28. The molecule has 0 unspecified atom stereocenters. The van der Waals surface area contributed by atoms with Crippen molar-refractivity contribution in [3.05, 3.63) is 71.6 Å². The highest BCUT2D eigenvalue weighted by Crippen LogP contribution is 2.42. The lowest BCUT2D eigenvalue weighted by atomic mass is 9.90. The summed E-state index contributed by atoms with van der Waals surface area (Å²) in [5.74, 6) is 0.925. The second-order valence-electron chi connectivity index (χ2n) is 16.2. The van der Waals surface area contributed by atoms with Gasteiger partial charge >= 0.3 is 0 Å².